The number of aliphatic hydroxyl groups excluding tert-OH is 4. The number of hydrogen-bond acceptors (Lipinski definition) is 6. The molecule has 0 aliphatic heterocycles. The summed E-state index contributed by atoms with van der Waals surface area (Å²) in [6.07, 6.45) is -5.85. The molecule has 0 spiro atoms. The van der Waals surface area contributed by atoms with E-state index in [0.29, 0.717) is 11.1 Å². The largest absolute Gasteiger partial charge is 0.394 e. The number of aryl methyl sites for hydroxylation is 6. The first kappa shape index (κ1) is 30.2. The highest BCUT2D eigenvalue weighted by Gasteiger charge is 2.54. The van der Waals surface area contributed by atoms with Crippen LogP contribution in [-0.2, 0) is 12.8 Å². The normalized spacial score (nSPS) is 17.7. The quantitative estimate of drug-likeness (QED) is 0.264. The standard InChI is InChI=1S/C30H44O6/c1-17(2)13-29(35,14-24-11-20(5)18(3)9-22(24)7)28(34)30(36,27(33)26(32)16-31)15-25-12-21(6)19(4)10-23(25)8/h9-12,26-28,31-36H,1,13-16H2,2-8H3/t26-,27+,28+,29?,30+/m0/s1. The molecule has 0 saturated carbocycles. The van der Waals surface area contributed by atoms with Gasteiger partial charge in [0, 0.05) is 12.8 Å². The molecule has 0 aliphatic rings. The summed E-state index contributed by atoms with van der Waals surface area (Å²) in [6.45, 7) is 16.4. The Morgan fingerprint density at radius 3 is 1.58 bits per heavy atom. The molecule has 0 saturated heterocycles. The highest BCUT2D eigenvalue weighted by atomic mass is 16.4. The highest BCUT2D eigenvalue weighted by Crippen LogP contribution is 2.37. The summed E-state index contributed by atoms with van der Waals surface area (Å²) in [5.41, 5.74) is 3.64. The van der Waals surface area contributed by atoms with E-state index in [9.17, 15) is 30.6 Å². The Morgan fingerprint density at radius 1 is 0.750 bits per heavy atom. The van der Waals surface area contributed by atoms with Gasteiger partial charge in [0.15, 0.2) is 0 Å². The second kappa shape index (κ2) is 11.5. The van der Waals surface area contributed by atoms with Gasteiger partial charge in [-0.1, -0.05) is 29.8 Å². The predicted octanol–water partition coefficient (Wildman–Crippen LogP) is 2.83. The second-order valence-corrected chi connectivity index (χ2v) is 10.9. The third-order valence-corrected chi connectivity index (χ3v) is 7.53. The maximum absolute atomic E-state index is 11.9. The van der Waals surface area contributed by atoms with Crippen LogP contribution in [0, 0.1) is 41.5 Å². The van der Waals surface area contributed by atoms with Crippen molar-refractivity contribution in [2.75, 3.05) is 6.61 Å². The minimum atomic E-state index is -2.38. The van der Waals surface area contributed by atoms with Crippen LogP contribution in [0.25, 0.3) is 0 Å². The van der Waals surface area contributed by atoms with Crippen LogP contribution in [0.4, 0.5) is 0 Å². The second-order valence-electron chi connectivity index (χ2n) is 10.9. The molecular formula is C30H44O6. The van der Waals surface area contributed by atoms with Gasteiger partial charge < -0.3 is 30.6 Å². The zero-order valence-corrected chi connectivity index (χ0v) is 22.8. The molecule has 0 fully saturated rings. The zero-order valence-electron chi connectivity index (χ0n) is 22.8. The molecule has 0 heterocycles. The number of rotatable bonds is 11. The summed E-state index contributed by atoms with van der Waals surface area (Å²) in [6, 6.07) is 7.77. The van der Waals surface area contributed by atoms with E-state index in [4.69, 9.17) is 0 Å². The van der Waals surface area contributed by atoms with Crippen LogP contribution >= 0.6 is 0 Å². The van der Waals surface area contributed by atoms with E-state index in [1.165, 1.54) is 0 Å². The van der Waals surface area contributed by atoms with Crippen LogP contribution in [0.3, 0.4) is 0 Å². The fraction of sp³-hybridized carbons (Fsp3) is 0.533. The van der Waals surface area contributed by atoms with Gasteiger partial charge in [-0.05, 0) is 99.4 Å². The molecular weight excluding hydrogens is 456 g/mol. The fourth-order valence-electron chi connectivity index (χ4n) is 5.10. The Labute approximate surface area is 215 Å². The minimum Gasteiger partial charge on any atom is -0.394 e. The molecule has 1 unspecified atom stereocenters. The SMILES string of the molecule is C=C(C)CC(O)(Cc1cc(C)c(C)cc1C)[C@@H](O)[C@@](O)(Cc1cc(C)c(C)cc1C)[C@H](O)[C@@H](O)CO. The molecule has 6 N–H and O–H groups in total. The van der Waals surface area contributed by atoms with E-state index in [2.05, 4.69) is 6.58 Å². The molecule has 6 heteroatoms. The Balaban J connectivity index is 2.66. The Hall–Kier alpha value is -2.06. The van der Waals surface area contributed by atoms with Crippen molar-refractivity contribution in [3.8, 4) is 0 Å². The van der Waals surface area contributed by atoms with Crippen molar-refractivity contribution < 1.29 is 30.6 Å². The number of benzene rings is 2. The lowest BCUT2D eigenvalue weighted by molar-refractivity contribution is -0.228. The van der Waals surface area contributed by atoms with Gasteiger partial charge in [-0.2, -0.15) is 0 Å². The highest BCUT2D eigenvalue weighted by molar-refractivity contribution is 5.39. The molecule has 0 bridgehead atoms. The zero-order chi connectivity index (χ0) is 27.6. The molecule has 36 heavy (non-hydrogen) atoms. The van der Waals surface area contributed by atoms with Crippen LogP contribution in [0.2, 0.25) is 0 Å². The lowest BCUT2D eigenvalue weighted by Gasteiger charge is -2.46. The molecule has 0 aliphatic carbocycles. The maximum atomic E-state index is 11.9. The lowest BCUT2D eigenvalue weighted by Crippen LogP contribution is -2.66. The molecule has 2 rings (SSSR count). The maximum Gasteiger partial charge on any atom is 0.126 e. The molecule has 0 aromatic heterocycles. The van der Waals surface area contributed by atoms with Crippen molar-refractivity contribution in [3.05, 3.63) is 80.9 Å². The Kier molecular flexibility index (Phi) is 9.68. The van der Waals surface area contributed by atoms with E-state index in [0.717, 1.165) is 38.9 Å². The summed E-state index contributed by atoms with van der Waals surface area (Å²) in [5, 5.41) is 66.5. The molecule has 0 amide bonds. The summed E-state index contributed by atoms with van der Waals surface area (Å²) in [5.74, 6) is 0. The van der Waals surface area contributed by atoms with Crippen molar-refractivity contribution in [2.24, 2.45) is 0 Å². The summed E-state index contributed by atoms with van der Waals surface area (Å²) in [7, 11) is 0. The molecule has 2 aromatic carbocycles. The van der Waals surface area contributed by atoms with Crippen LogP contribution in [0.5, 0.6) is 0 Å². The van der Waals surface area contributed by atoms with E-state index in [-0.39, 0.29) is 19.3 Å². The van der Waals surface area contributed by atoms with Crippen molar-refractivity contribution in [1.82, 2.24) is 0 Å². The summed E-state index contributed by atoms with van der Waals surface area (Å²) >= 11 is 0. The third kappa shape index (κ3) is 6.43. The minimum absolute atomic E-state index is 0.00978. The van der Waals surface area contributed by atoms with Gasteiger partial charge in [0.1, 0.15) is 29.5 Å². The first-order valence-electron chi connectivity index (χ1n) is 12.4. The van der Waals surface area contributed by atoms with E-state index in [1.807, 2.05) is 65.8 Å². The van der Waals surface area contributed by atoms with Gasteiger partial charge >= 0.3 is 0 Å². The fourth-order valence-corrected chi connectivity index (χ4v) is 5.10. The van der Waals surface area contributed by atoms with E-state index < -0.39 is 36.1 Å². The van der Waals surface area contributed by atoms with Gasteiger partial charge in [-0.3, -0.25) is 0 Å². The molecule has 6 nitrogen and oxygen atoms in total. The predicted molar refractivity (Wildman–Crippen MR) is 143 cm³/mol. The van der Waals surface area contributed by atoms with E-state index >= 15 is 0 Å². The van der Waals surface area contributed by atoms with Crippen molar-refractivity contribution in [2.45, 2.75) is 97.2 Å². The smallest absolute Gasteiger partial charge is 0.126 e. The molecule has 200 valence electrons. The first-order valence-corrected chi connectivity index (χ1v) is 12.4. The molecule has 2 aromatic rings. The van der Waals surface area contributed by atoms with Gasteiger partial charge in [-0.15, -0.1) is 6.58 Å². The Morgan fingerprint density at radius 2 is 1.17 bits per heavy atom. The van der Waals surface area contributed by atoms with Crippen LogP contribution in [-0.4, -0.2) is 66.8 Å². The first-order chi connectivity index (χ1) is 16.6. The number of aliphatic hydroxyl groups is 6. The van der Waals surface area contributed by atoms with Crippen LogP contribution in [0.1, 0.15) is 57.9 Å². The van der Waals surface area contributed by atoms with Crippen molar-refractivity contribution >= 4 is 0 Å². The van der Waals surface area contributed by atoms with Gasteiger partial charge in [0.2, 0.25) is 0 Å². The van der Waals surface area contributed by atoms with Gasteiger partial charge in [0.25, 0.3) is 0 Å². The third-order valence-electron chi connectivity index (χ3n) is 7.53. The van der Waals surface area contributed by atoms with Crippen LogP contribution in [0.15, 0.2) is 36.4 Å². The summed E-state index contributed by atoms with van der Waals surface area (Å²) < 4.78 is 0. The average Bonchev–Trinajstić information content (AvgIpc) is 2.78. The van der Waals surface area contributed by atoms with Crippen LogP contribution < -0.4 is 0 Å². The topological polar surface area (TPSA) is 121 Å². The van der Waals surface area contributed by atoms with Gasteiger partial charge in [0.05, 0.1) is 6.61 Å². The molecule has 5 atom stereocenters. The number of hydrogen-bond donors (Lipinski definition) is 6. The van der Waals surface area contributed by atoms with Crippen molar-refractivity contribution in [1.29, 1.82) is 0 Å². The van der Waals surface area contributed by atoms with E-state index in [1.54, 1.807) is 6.92 Å². The van der Waals surface area contributed by atoms with Crippen molar-refractivity contribution in [3.63, 3.8) is 0 Å². The lowest BCUT2D eigenvalue weighted by atomic mass is 9.70. The summed E-state index contributed by atoms with van der Waals surface area (Å²) in [4.78, 5) is 0. The molecule has 0 radical (unpaired) electrons. The monoisotopic (exact) mass is 500 g/mol. The Bertz CT molecular complexity index is 1090. The average molecular weight is 501 g/mol. The van der Waals surface area contributed by atoms with Gasteiger partial charge in [-0.25, -0.2) is 0 Å².